The van der Waals surface area contributed by atoms with E-state index in [0.29, 0.717) is 17.8 Å². The lowest BCUT2D eigenvalue weighted by atomic mass is 9.95. The van der Waals surface area contributed by atoms with Gasteiger partial charge in [-0.1, -0.05) is 19.3 Å². The molecule has 6 nitrogen and oxygen atoms in total. The molecule has 1 aromatic heterocycles. The van der Waals surface area contributed by atoms with Crippen LogP contribution in [0.2, 0.25) is 0 Å². The number of pyridine rings is 1. The predicted octanol–water partition coefficient (Wildman–Crippen LogP) is 1.83. The molecule has 1 fully saturated rings. The third-order valence-electron chi connectivity index (χ3n) is 4.26. The van der Waals surface area contributed by atoms with Crippen LogP contribution in [0.4, 0.5) is 0 Å². The molecule has 6 heteroatoms. The Balaban J connectivity index is 1.87. The van der Waals surface area contributed by atoms with Crippen molar-refractivity contribution in [3.63, 3.8) is 0 Å². The van der Waals surface area contributed by atoms with Gasteiger partial charge in [-0.2, -0.15) is 0 Å². The van der Waals surface area contributed by atoms with Crippen molar-refractivity contribution in [1.82, 2.24) is 20.5 Å². The van der Waals surface area contributed by atoms with Crippen LogP contribution in [0.3, 0.4) is 0 Å². The van der Waals surface area contributed by atoms with Gasteiger partial charge < -0.3 is 15.5 Å². The summed E-state index contributed by atoms with van der Waals surface area (Å²) in [6, 6.07) is 3.44. The van der Waals surface area contributed by atoms with Gasteiger partial charge in [0.1, 0.15) is 5.69 Å². The minimum absolute atomic E-state index is 0.164. The number of rotatable bonds is 7. The van der Waals surface area contributed by atoms with Crippen molar-refractivity contribution in [2.24, 2.45) is 0 Å². The second-order valence-corrected chi connectivity index (χ2v) is 6.65. The number of amides is 2. The number of nitrogens with zero attached hydrogens (tertiary/aromatic N) is 2. The number of hydrogen-bond acceptors (Lipinski definition) is 4. The monoisotopic (exact) mass is 332 g/mol. The number of carbonyl (C=O) groups excluding carboxylic acids is 2. The van der Waals surface area contributed by atoms with Crippen LogP contribution >= 0.6 is 0 Å². The van der Waals surface area contributed by atoms with E-state index in [-0.39, 0.29) is 17.9 Å². The molecule has 1 aliphatic rings. The smallest absolute Gasteiger partial charge is 0.270 e. The van der Waals surface area contributed by atoms with E-state index in [1.165, 1.54) is 12.6 Å². The number of aromatic nitrogens is 1. The van der Waals surface area contributed by atoms with E-state index in [2.05, 4.69) is 20.5 Å². The molecule has 0 unspecified atom stereocenters. The largest absolute Gasteiger partial charge is 0.352 e. The van der Waals surface area contributed by atoms with Gasteiger partial charge >= 0.3 is 0 Å². The van der Waals surface area contributed by atoms with Crippen LogP contribution in [0.25, 0.3) is 0 Å². The molecular weight excluding hydrogens is 304 g/mol. The fourth-order valence-corrected chi connectivity index (χ4v) is 2.90. The van der Waals surface area contributed by atoms with E-state index in [1.54, 1.807) is 12.1 Å². The van der Waals surface area contributed by atoms with Crippen LogP contribution in [0.1, 0.15) is 59.4 Å². The molecule has 132 valence electrons. The Kier molecular flexibility index (Phi) is 7.18. The Labute approximate surface area is 144 Å². The van der Waals surface area contributed by atoms with Gasteiger partial charge in [-0.3, -0.25) is 14.6 Å². The van der Waals surface area contributed by atoms with Gasteiger partial charge in [-0.15, -0.1) is 0 Å². The topological polar surface area (TPSA) is 74.3 Å². The maximum Gasteiger partial charge on any atom is 0.270 e. The van der Waals surface area contributed by atoms with E-state index in [4.69, 9.17) is 0 Å². The zero-order valence-corrected chi connectivity index (χ0v) is 14.7. The lowest BCUT2D eigenvalue weighted by Crippen LogP contribution is -2.36. The molecule has 0 aliphatic heterocycles. The van der Waals surface area contributed by atoms with Crippen molar-refractivity contribution in [2.75, 3.05) is 27.2 Å². The molecule has 0 aromatic carbocycles. The Morgan fingerprint density at radius 2 is 1.96 bits per heavy atom. The van der Waals surface area contributed by atoms with Crippen molar-refractivity contribution in [1.29, 1.82) is 0 Å². The molecule has 0 atom stereocenters. The minimum atomic E-state index is -0.191. The van der Waals surface area contributed by atoms with Crippen molar-refractivity contribution < 1.29 is 9.59 Å². The van der Waals surface area contributed by atoms with E-state index >= 15 is 0 Å². The first-order valence-corrected chi connectivity index (χ1v) is 8.76. The fourth-order valence-electron chi connectivity index (χ4n) is 2.90. The SMILES string of the molecule is CN(C)CCCNC(=O)c1ccnc(C(=O)NC2CCCCC2)c1. The molecule has 0 bridgehead atoms. The van der Waals surface area contributed by atoms with Gasteiger partial charge in [-0.05, 0) is 52.0 Å². The molecule has 0 saturated heterocycles. The summed E-state index contributed by atoms with van der Waals surface area (Å²) >= 11 is 0. The highest BCUT2D eigenvalue weighted by Gasteiger charge is 2.18. The molecular formula is C18H28N4O2. The predicted molar refractivity (Wildman–Crippen MR) is 94.1 cm³/mol. The maximum absolute atomic E-state index is 12.3. The molecule has 1 heterocycles. The molecule has 1 aromatic rings. The molecule has 2 N–H and O–H groups in total. The zero-order chi connectivity index (χ0) is 17.4. The first-order chi connectivity index (χ1) is 11.6. The second-order valence-electron chi connectivity index (χ2n) is 6.65. The Hall–Kier alpha value is -1.95. The fraction of sp³-hybridized carbons (Fsp3) is 0.611. The normalized spacial score (nSPS) is 15.3. The lowest BCUT2D eigenvalue weighted by molar-refractivity contribution is 0.0922. The standard InChI is InChI=1S/C18H28N4O2/c1-22(2)12-6-10-20-17(23)14-9-11-19-16(13-14)18(24)21-15-7-4-3-5-8-15/h9,11,13,15H,3-8,10,12H2,1-2H3,(H,20,23)(H,21,24). The summed E-state index contributed by atoms with van der Waals surface area (Å²) < 4.78 is 0. The summed E-state index contributed by atoms with van der Waals surface area (Å²) in [7, 11) is 4.00. The first kappa shape index (κ1) is 18.4. The summed E-state index contributed by atoms with van der Waals surface area (Å²) in [6.45, 7) is 1.54. The van der Waals surface area contributed by atoms with Crippen LogP contribution in [0.15, 0.2) is 18.3 Å². The van der Waals surface area contributed by atoms with Gasteiger partial charge in [0, 0.05) is 24.3 Å². The van der Waals surface area contributed by atoms with Crippen LogP contribution in [0, 0.1) is 0 Å². The summed E-state index contributed by atoms with van der Waals surface area (Å²) in [6.07, 6.45) is 8.02. The molecule has 0 spiro atoms. The Morgan fingerprint density at radius 3 is 2.67 bits per heavy atom. The maximum atomic E-state index is 12.3. The average molecular weight is 332 g/mol. The van der Waals surface area contributed by atoms with Crippen LogP contribution < -0.4 is 10.6 Å². The third kappa shape index (κ3) is 5.92. The molecule has 24 heavy (non-hydrogen) atoms. The Morgan fingerprint density at radius 1 is 1.21 bits per heavy atom. The summed E-state index contributed by atoms with van der Waals surface area (Å²) in [4.78, 5) is 30.7. The summed E-state index contributed by atoms with van der Waals surface area (Å²) in [5, 5.41) is 5.90. The third-order valence-corrected chi connectivity index (χ3v) is 4.26. The zero-order valence-electron chi connectivity index (χ0n) is 14.7. The highest BCUT2D eigenvalue weighted by Crippen LogP contribution is 2.17. The van der Waals surface area contributed by atoms with Gasteiger partial charge in [0.15, 0.2) is 0 Å². The lowest BCUT2D eigenvalue weighted by Gasteiger charge is -2.22. The van der Waals surface area contributed by atoms with E-state index < -0.39 is 0 Å². The van der Waals surface area contributed by atoms with E-state index in [9.17, 15) is 9.59 Å². The van der Waals surface area contributed by atoms with Gasteiger partial charge in [0.25, 0.3) is 11.8 Å². The Bertz CT molecular complexity index is 554. The van der Waals surface area contributed by atoms with Crippen LogP contribution in [-0.2, 0) is 0 Å². The summed E-state index contributed by atoms with van der Waals surface area (Å²) in [5.74, 6) is -0.355. The van der Waals surface area contributed by atoms with Crippen LogP contribution in [0.5, 0.6) is 0 Å². The molecule has 0 radical (unpaired) electrons. The van der Waals surface area contributed by atoms with E-state index in [1.807, 2.05) is 14.1 Å². The van der Waals surface area contributed by atoms with E-state index in [0.717, 1.165) is 38.6 Å². The van der Waals surface area contributed by atoms with Crippen LogP contribution in [-0.4, -0.2) is 54.9 Å². The van der Waals surface area contributed by atoms with Crippen molar-refractivity contribution in [3.8, 4) is 0 Å². The molecule has 1 aliphatic carbocycles. The second kappa shape index (κ2) is 9.37. The van der Waals surface area contributed by atoms with Gasteiger partial charge in [0.2, 0.25) is 0 Å². The van der Waals surface area contributed by atoms with Crippen molar-refractivity contribution in [2.45, 2.75) is 44.6 Å². The highest BCUT2D eigenvalue weighted by atomic mass is 16.2. The highest BCUT2D eigenvalue weighted by molar-refractivity contribution is 5.98. The first-order valence-electron chi connectivity index (χ1n) is 8.76. The number of hydrogen-bond donors (Lipinski definition) is 2. The average Bonchev–Trinajstić information content (AvgIpc) is 2.59. The van der Waals surface area contributed by atoms with Gasteiger partial charge in [0.05, 0.1) is 0 Å². The minimum Gasteiger partial charge on any atom is -0.352 e. The number of carbonyl (C=O) groups is 2. The molecule has 2 amide bonds. The van der Waals surface area contributed by atoms with Gasteiger partial charge in [-0.25, -0.2) is 0 Å². The molecule has 2 rings (SSSR count). The van der Waals surface area contributed by atoms with Crippen molar-refractivity contribution >= 4 is 11.8 Å². The summed E-state index contributed by atoms with van der Waals surface area (Å²) in [5.41, 5.74) is 0.783. The van der Waals surface area contributed by atoms with Crippen molar-refractivity contribution in [3.05, 3.63) is 29.6 Å². The quantitative estimate of drug-likeness (QED) is 0.747. The molecule has 1 saturated carbocycles. The number of nitrogens with one attached hydrogen (secondary N) is 2.